The van der Waals surface area contributed by atoms with E-state index in [9.17, 15) is 14.4 Å². The highest BCUT2D eigenvalue weighted by Crippen LogP contribution is 2.15. The van der Waals surface area contributed by atoms with Crippen molar-refractivity contribution in [3.63, 3.8) is 0 Å². The third-order valence-corrected chi connectivity index (χ3v) is 3.14. The Labute approximate surface area is 117 Å². The van der Waals surface area contributed by atoms with Crippen molar-refractivity contribution in [2.24, 2.45) is 7.05 Å². The summed E-state index contributed by atoms with van der Waals surface area (Å²) in [5.41, 5.74) is -1.16. The minimum atomic E-state index is -1.10. The molecule has 20 heavy (non-hydrogen) atoms. The zero-order valence-corrected chi connectivity index (χ0v) is 12.2. The van der Waals surface area contributed by atoms with E-state index in [-0.39, 0.29) is 11.1 Å². The molecule has 1 aromatic heterocycles. The van der Waals surface area contributed by atoms with E-state index in [2.05, 4.69) is 5.32 Å². The number of rotatable bonds is 5. The SMILES string of the molecule is CCCC(C)(NC(=O)c1ccn(C)c(=O)c1)C(=O)OC. The average Bonchev–Trinajstić information content (AvgIpc) is 2.40. The van der Waals surface area contributed by atoms with Gasteiger partial charge < -0.3 is 14.6 Å². The predicted molar refractivity (Wildman–Crippen MR) is 74.5 cm³/mol. The lowest BCUT2D eigenvalue weighted by atomic mass is 9.95. The Hall–Kier alpha value is -2.11. The largest absolute Gasteiger partial charge is 0.467 e. The van der Waals surface area contributed by atoms with Crippen LogP contribution >= 0.6 is 0 Å². The molecule has 0 saturated heterocycles. The lowest BCUT2D eigenvalue weighted by molar-refractivity contribution is -0.147. The van der Waals surface area contributed by atoms with Gasteiger partial charge in [0, 0.05) is 24.9 Å². The van der Waals surface area contributed by atoms with Gasteiger partial charge in [0.15, 0.2) is 0 Å². The first-order chi connectivity index (χ1) is 9.34. The Balaban J connectivity index is 2.99. The Bertz CT molecular complexity index is 565. The fourth-order valence-electron chi connectivity index (χ4n) is 1.95. The highest BCUT2D eigenvalue weighted by Gasteiger charge is 2.35. The summed E-state index contributed by atoms with van der Waals surface area (Å²) in [6, 6.07) is 2.76. The number of pyridine rings is 1. The maximum atomic E-state index is 12.2. The van der Waals surface area contributed by atoms with Gasteiger partial charge in [-0.15, -0.1) is 0 Å². The molecule has 1 amide bonds. The number of nitrogens with one attached hydrogen (secondary N) is 1. The minimum absolute atomic E-state index is 0.222. The first-order valence-electron chi connectivity index (χ1n) is 6.41. The number of amides is 1. The molecule has 0 fully saturated rings. The van der Waals surface area contributed by atoms with Gasteiger partial charge in [-0.1, -0.05) is 13.3 Å². The van der Waals surface area contributed by atoms with Crippen LogP contribution < -0.4 is 10.9 Å². The summed E-state index contributed by atoms with van der Waals surface area (Å²) < 4.78 is 6.09. The number of hydrogen-bond acceptors (Lipinski definition) is 4. The third-order valence-electron chi connectivity index (χ3n) is 3.14. The maximum Gasteiger partial charge on any atom is 0.331 e. The Kier molecular flexibility index (Phi) is 5.07. The number of hydrogen-bond donors (Lipinski definition) is 1. The van der Waals surface area contributed by atoms with Gasteiger partial charge in [-0.2, -0.15) is 0 Å². The van der Waals surface area contributed by atoms with E-state index < -0.39 is 17.4 Å². The number of ether oxygens (including phenoxy) is 1. The molecular weight excluding hydrogens is 260 g/mol. The van der Waals surface area contributed by atoms with E-state index in [1.54, 1.807) is 14.0 Å². The summed E-state index contributed by atoms with van der Waals surface area (Å²) in [5.74, 6) is -0.972. The van der Waals surface area contributed by atoms with Crippen LogP contribution in [0.3, 0.4) is 0 Å². The van der Waals surface area contributed by atoms with Crippen molar-refractivity contribution in [3.8, 4) is 0 Å². The summed E-state index contributed by atoms with van der Waals surface area (Å²) in [6.45, 7) is 3.52. The standard InChI is InChI=1S/C14H20N2O4/c1-5-7-14(2,13(19)20-4)15-12(18)10-6-8-16(3)11(17)9-10/h6,8-9H,5,7H2,1-4H3,(H,15,18). The fraction of sp³-hybridized carbons (Fsp3) is 0.500. The molecule has 1 rings (SSSR count). The number of methoxy groups -OCH3 is 1. The van der Waals surface area contributed by atoms with Crippen LogP contribution in [-0.4, -0.2) is 29.1 Å². The summed E-state index contributed by atoms with van der Waals surface area (Å²) in [6.07, 6.45) is 2.67. The number of esters is 1. The van der Waals surface area contributed by atoms with Crippen molar-refractivity contribution >= 4 is 11.9 Å². The number of aryl methyl sites for hydroxylation is 1. The number of carbonyl (C=O) groups excluding carboxylic acids is 2. The summed E-state index contributed by atoms with van der Waals surface area (Å²) in [5, 5.41) is 2.65. The van der Waals surface area contributed by atoms with Gasteiger partial charge in [0.25, 0.3) is 11.5 Å². The van der Waals surface area contributed by atoms with E-state index in [0.717, 1.165) is 0 Å². The van der Waals surface area contributed by atoms with Crippen LogP contribution in [0.4, 0.5) is 0 Å². The lowest BCUT2D eigenvalue weighted by Gasteiger charge is -2.27. The van der Waals surface area contributed by atoms with Crippen LogP contribution in [0, 0.1) is 0 Å². The fourth-order valence-corrected chi connectivity index (χ4v) is 1.95. The van der Waals surface area contributed by atoms with E-state index >= 15 is 0 Å². The van der Waals surface area contributed by atoms with Crippen molar-refractivity contribution in [1.82, 2.24) is 9.88 Å². The molecule has 1 heterocycles. The van der Waals surface area contributed by atoms with Crippen LogP contribution in [0.2, 0.25) is 0 Å². The highest BCUT2D eigenvalue weighted by molar-refractivity contribution is 5.97. The van der Waals surface area contributed by atoms with Gasteiger partial charge in [0.2, 0.25) is 0 Å². The molecule has 110 valence electrons. The second-order valence-electron chi connectivity index (χ2n) is 4.89. The molecule has 1 atom stereocenters. The Morgan fingerprint density at radius 1 is 1.45 bits per heavy atom. The molecule has 1 N–H and O–H groups in total. The van der Waals surface area contributed by atoms with Gasteiger partial charge in [0.05, 0.1) is 7.11 Å². The normalized spacial score (nSPS) is 13.4. The summed E-state index contributed by atoms with van der Waals surface area (Å²) in [7, 11) is 2.88. The van der Waals surface area contributed by atoms with E-state index in [1.165, 1.54) is 30.0 Å². The first-order valence-corrected chi connectivity index (χ1v) is 6.41. The lowest BCUT2D eigenvalue weighted by Crippen LogP contribution is -2.52. The maximum absolute atomic E-state index is 12.2. The predicted octanol–water partition coefficient (Wildman–Crippen LogP) is 0.847. The highest BCUT2D eigenvalue weighted by atomic mass is 16.5. The zero-order chi connectivity index (χ0) is 15.3. The molecule has 0 aliphatic rings. The zero-order valence-electron chi connectivity index (χ0n) is 12.2. The number of aromatic nitrogens is 1. The van der Waals surface area contributed by atoms with Crippen LogP contribution in [-0.2, 0) is 16.6 Å². The van der Waals surface area contributed by atoms with Gasteiger partial charge in [-0.05, 0) is 19.4 Å². The van der Waals surface area contributed by atoms with E-state index in [1.807, 2.05) is 6.92 Å². The minimum Gasteiger partial charge on any atom is -0.467 e. The molecule has 0 bridgehead atoms. The first kappa shape index (κ1) is 15.9. The molecule has 6 nitrogen and oxygen atoms in total. The van der Waals surface area contributed by atoms with Crippen molar-refractivity contribution in [2.45, 2.75) is 32.2 Å². The Morgan fingerprint density at radius 3 is 2.60 bits per heavy atom. The smallest absolute Gasteiger partial charge is 0.331 e. The molecule has 0 aliphatic carbocycles. The van der Waals surface area contributed by atoms with Crippen molar-refractivity contribution in [3.05, 3.63) is 34.2 Å². The third kappa shape index (κ3) is 3.46. The van der Waals surface area contributed by atoms with Gasteiger partial charge >= 0.3 is 5.97 Å². The molecule has 0 aliphatic heterocycles. The van der Waals surface area contributed by atoms with Crippen LogP contribution in [0.15, 0.2) is 23.1 Å². The van der Waals surface area contributed by atoms with Crippen molar-refractivity contribution < 1.29 is 14.3 Å². The second kappa shape index (κ2) is 6.36. The molecule has 1 unspecified atom stereocenters. The average molecular weight is 280 g/mol. The van der Waals surface area contributed by atoms with Gasteiger partial charge in [0.1, 0.15) is 5.54 Å². The Morgan fingerprint density at radius 2 is 2.10 bits per heavy atom. The number of carbonyl (C=O) groups is 2. The van der Waals surface area contributed by atoms with Crippen molar-refractivity contribution in [2.75, 3.05) is 7.11 Å². The quantitative estimate of drug-likeness (QED) is 0.811. The van der Waals surface area contributed by atoms with E-state index in [0.29, 0.717) is 12.8 Å². The topological polar surface area (TPSA) is 77.4 Å². The molecule has 0 saturated carbocycles. The molecule has 6 heteroatoms. The summed E-state index contributed by atoms with van der Waals surface area (Å²) >= 11 is 0. The van der Waals surface area contributed by atoms with E-state index in [4.69, 9.17) is 4.74 Å². The molecule has 0 spiro atoms. The molecule has 0 radical (unpaired) electrons. The summed E-state index contributed by atoms with van der Waals surface area (Å²) in [4.78, 5) is 35.5. The van der Waals surface area contributed by atoms with Crippen LogP contribution in [0.25, 0.3) is 0 Å². The molecule has 1 aromatic rings. The molecular formula is C14H20N2O4. The second-order valence-corrected chi connectivity index (χ2v) is 4.89. The monoisotopic (exact) mass is 280 g/mol. The van der Waals surface area contributed by atoms with Gasteiger partial charge in [-0.25, -0.2) is 4.79 Å². The van der Waals surface area contributed by atoms with Gasteiger partial charge in [-0.3, -0.25) is 9.59 Å². The van der Waals surface area contributed by atoms with Crippen LogP contribution in [0.5, 0.6) is 0 Å². The van der Waals surface area contributed by atoms with Crippen molar-refractivity contribution in [1.29, 1.82) is 0 Å². The van der Waals surface area contributed by atoms with Crippen LogP contribution in [0.1, 0.15) is 37.0 Å². The number of nitrogens with zero attached hydrogens (tertiary/aromatic N) is 1. The molecule has 0 aromatic carbocycles.